The third-order valence-electron chi connectivity index (χ3n) is 5.04. The number of morpholine rings is 1. The summed E-state index contributed by atoms with van der Waals surface area (Å²) in [6.07, 6.45) is 3.58. The van der Waals surface area contributed by atoms with Crippen LogP contribution in [0.1, 0.15) is 4.88 Å². The predicted octanol–water partition coefficient (Wildman–Crippen LogP) is 5.29. The molecule has 156 valence electrons. The van der Waals surface area contributed by atoms with Gasteiger partial charge in [-0.1, -0.05) is 53.3 Å². The van der Waals surface area contributed by atoms with Crippen LogP contribution in [-0.4, -0.2) is 42.5 Å². The zero-order valence-corrected chi connectivity index (χ0v) is 18.2. The van der Waals surface area contributed by atoms with Crippen LogP contribution < -0.4 is 10.3 Å². The summed E-state index contributed by atoms with van der Waals surface area (Å²) in [4.78, 5) is 12.6. The van der Waals surface area contributed by atoms with Gasteiger partial charge in [-0.15, -0.1) is 0 Å². The van der Waals surface area contributed by atoms with Crippen LogP contribution in [0.5, 0.6) is 0 Å². The summed E-state index contributed by atoms with van der Waals surface area (Å²) in [6.45, 7) is 3.15. The lowest BCUT2D eigenvalue weighted by atomic mass is 10.1. The highest BCUT2D eigenvalue weighted by molar-refractivity contribution is 7.17. The van der Waals surface area contributed by atoms with Gasteiger partial charge in [0.15, 0.2) is 5.13 Å². The standard InChI is InChI=1S/C23H20ClN5OS/c24-17-6-7-18-19(8-9-25-20(18)14-17)28-26-15-21-22(16-4-2-1-3-5-16)27-23(31-21)29-10-12-30-13-11-29/h1-9,14-15H,10-13H2,(H,25,28)/b26-15+. The van der Waals surface area contributed by atoms with Gasteiger partial charge < -0.3 is 9.64 Å². The molecule has 0 unspecified atom stereocenters. The number of fused-ring (bicyclic) bond motifs is 1. The van der Waals surface area contributed by atoms with E-state index < -0.39 is 0 Å². The number of rotatable bonds is 5. The van der Waals surface area contributed by atoms with Gasteiger partial charge in [-0.25, -0.2) is 4.98 Å². The van der Waals surface area contributed by atoms with Gasteiger partial charge >= 0.3 is 0 Å². The second kappa shape index (κ2) is 9.01. The largest absolute Gasteiger partial charge is 0.378 e. The molecule has 0 aliphatic carbocycles. The smallest absolute Gasteiger partial charge is 0.186 e. The summed E-state index contributed by atoms with van der Waals surface area (Å²) >= 11 is 7.73. The number of ether oxygens (including phenoxy) is 1. The second-order valence-electron chi connectivity index (χ2n) is 7.06. The number of hydrazone groups is 1. The van der Waals surface area contributed by atoms with Crippen LogP contribution in [0.15, 0.2) is 65.9 Å². The van der Waals surface area contributed by atoms with Gasteiger partial charge in [0, 0.05) is 35.3 Å². The summed E-state index contributed by atoms with van der Waals surface area (Å²) in [5, 5.41) is 7.14. The van der Waals surface area contributed by atoms with Crippen molar-refractivity contribution >= 4 is 50.9 Å². The van der Waals surface area contributed by atoms with Crippen LogP contribution in [-0.2, 0) is 4.74 Å². The molecular weight excluding hydrogens is 430 g/mol. The molecular formula is C23H20ClN5OS. The topological polar surface area (TPSA) is 62.6 Å². The number of nitrogens with zero attached hydrogens (tertiary/aromatic N) is 4. The lowest BCUT2D eigenvalue weighted by Crippen LogP contribution is -2.36. The van der Waals surface area contributed by atoms with Crippen molar-refractivity contribution < 1.29 is 4.74 Å². The third-order valence-corrected chi connectivity index (χ3v) is 6.33. The molecule has 1 aliphatic heterocycles. The van der Waals surface area contributed by atoms with Gasteiger partial charge in [0.1, 0.15) is 0 Å². The lowest BCUT2D eigenvalue weighted by molar-refractivity contribution is 0.122. The molecule has 0 spiro atoms. The van der Waals surface area contributed by atoms with Gasteiger partial charge in [-0.2, -0.15) is 5.10 Å². The summed E-state index contributed by atoms with van der Waals surface area (Å²) in [5.41, 5.74) is 6.86. The number of thiazole rings is 1. The molecule has 2 aromatic carbocycles. The minimum Gasteiger partial charge on any atom is -0.378 e. The Bertz CT molecular complexity index is 1220. The fraction of sp³-hybridized carbons (Fsp3) is 0.174. The number of anilines is 2. The Morgan fingerprint density at radius 2 is 1.94 bits per heavy atom. The first-order chi connectivity index (χ1) is 15.3. The number of halogens is 1. The molecule has 0 atom stereocenters. The Morgan fingerprint density at radius 3 is 2.77 bits per heavy atom. The van der Waals surface area contributed by atoms with Crippen molar-refractivity contribution in [3.05, 3.63) is 70.7 Å². The molecule has 1 aliphatic rings. The molecule has 0 radical (unpaired) electrons. The molecule has 5 rings (SSSR count). The molecule has 4 aromatic rings. The molecule has 2 aromatic heterocycles. The fourth-order valence-electron chi connectivity index (χ4n) is 3.48. The third kappa shape index (κ3) is 4.39. The average molecular weight is 450 g/mol. The zero-order chi connectivity index (χ0) is 21.0. The van der Waals surface area contributed by atoms with E-state index in [1.807, 2.05) is 48.7 Å². The van der Waals surface area contributed by atoms with Crippen LogP contribution in [0.2, 0.25) is 5.02 Å². The number of pyridine rings is 1. The summed E-state index contributed by atoms with van der Waals surface area (Å²) in [7, 11) is 0. The van der Waals surface area contributed by atoms with E-state index in [0.29, 0.717) is 5.02 Å². The molecule has 0 bridgehead atoms. The van der Waals surface area contributed by atoms with Crippen LogP contribution >= 0.6 is 22.9 Å². The number of benzene rings is 2. The molecule has 1 saturated heterocycles. The Hall–Kier alpha value is -3.00. The minimum atomic E-state index is 0.661. The maximum absolute atomic E-state index is 6.09. The highest BCUT2D eigenvalue weighted by Gasteiger charge is 2.18. The second-order valence-corrected chi connectivity index (χ2v) is 8.51. The Kier molecular flexibility index (Phi) is 5.80. The van der Waals surface area contributed by atoms with E-state index in [1.54, 1.807) is 17.5 Å². The molecule has 3 heterocycles. The highest BCUT2D eigenvalue weighted by Crippen LogP contribution is 2.32. The first kappa shape index (κ1) is 19.9. The van der Waals surface area contributed by atoms with Crippen molar-refractivity contribution in [3.63, 3.8) is 0 Å². The van der Waals surface area contributed by atoms with E-state index in [9.17, 15) is 0 Å². The summed E-state index contributed by atoms with van der Waals surface area (Å²) in [5.74, 6) is 0. The van der Waals surface area contributed by atoms with Crippen LogP contribution in [0.25, 0.3) is 22.2 Å². The van der Waals surface area contributed by atoms with E-state index in [1.165, 1.54) is 0 Å². The highest BCUT2D eigenvalue weighted by atomic mass is 35.5. The number of aromatic nitrogens is 2. The zero-order valence-electron chi connectivity index (χ0n) is 16.7. The van der Waals surface area contributed by atoms with Crippen LogP contribution in [0.4, 0.5) is 10.8 Å². The molecule has 31 heavy (non-hydrogen) atoms. The van der Waals surface area contributed by atoms with Gasteiger partial charge in [-0.05, 0) is 24.3 Å². The van der Waals surface area contributed by atoms with Gasteiger partial charge in [0.05, 0.1) is 41.2 Å². The Labute approximate surface area is 189 Å². The molecule has 0 saturated carbocycles. The van der Waals surface area contributed by atoms with Crippen molar-refractivity contribution in [2.45, 2.75) is 0 Å². The molecule has 0 amide bonds. The van der Waals surface area contributed by atoms with Gasteiger partial charge in [0.25, 0.3) is 0 Å². The molecule has 6 nitrogen and oxygen atoms in total. The van der Waals surface area contributed by atoms with Gasteiger partial charge in [0.2, 0.25) is 0 Å². The summed E-state index contributed by atoms with van der Waals surface area (Å²) in [6, 6.07) is 17.7. The van der Waals surface area contributed by atoms with Crippen molar-refractivity contribution in [1.82, 2.24) is 9.97 Å². The Morgan fingerprint density at radius 1 is 1.10 bits per heavy atom. The van der Waals surface area contributed by atoms with E-state index in [4.69, 9.17) is 21.3 Å². The van der Waals surface area contributed by atoms with Crippen LogP contribution in [0, 0.1) is 0 Å². The molecule has 1 N–H and O–H groups in total. The predicted molar refractivity (Wildman–Crippen MR) is 129 cm³/mol. The first-order valence-corrected chi connectivity index (χ1v) is 11.2. The number of hydrogen-bond donors (Lipinski definition) is 1. The van der Waals surface area contributed by atoms with Crippen molar-refractivity contribution in [1.29, 1.82) is 0 Å². The van der Waals surface area contributed by atoms with Crippen molar-refractivity contribution in [2.75, 3.05) is 36.6 Å². The molecule has 1 fully saturated rings. The van der Waals surface area contributed by atoms with Gasteiger partial charge in [-0.3, -0.25) is 10.4 Å². The SMILES string of the molecule is Clc1ccc2c(N/N=C/c3sc(N4CCOCC4)nc3-c3ccccc3)ccnc2c1. The Balaban J connectivity index is 1.45. The van der Waals surface area contributed by atoms with Crippen LogP contribution in [0.3, 0.4) is 0 Å². The van der Waals surface area contributed by atoms with E-state index >= 15 is 0 Å². The van der Waals surface area contributed by atoms with E-state index in [2.05, 4.69) is 32.5 Å². The van der Waals surface area contributed by atoms with Crippen molar-refractivity contribution in [2.24, 2.45) is 5.10 Å². The van der Waals surface area contributed by atoms with E-state index in [-0.39, 0.29) is 0 Å². The number of nitrogens with one attached hydrogen (secondary N) is 1. The summed E-state index contributed by atoms with van der Waals surface area (Å²) < 4.78 is 5.48. The normalized spacial score (nSPS) is 14.4. The van der Waals surface area contributed by atoms with Crippen molar-refractivity contribution in [3.8, 4) is 11.3 Å². The number of hydrogen-bond acceptors (Lipinski definition) is 7. The average Bonchev–Trinajstić information content (AvgIpc) is 3.24. The van der Waals surface area contributed by atoms with E-state index in [0.717, 1.165) is 64.2 Å². The maximum atomic E-state index is 6.09. The minimum absolute atomic E-state index is 0.661. The first-order valence-electron chi connectivity index (χ1n) is 10.0. The fourth-order valence-corrected chi connectivity index (χ4v) is 4.66. The maximum Gasteiger partial charge on any atom is 0.186 e. The monoisotopic (exact) mass is 449 g/mol. The quantitative estimate of drug-likeness (QED) is 0.331. The molecule has 8 heteroatoms. The lowest BCUT2D eigenvalue weighted by Gasteiger charge is -2.26.